The minimum atomic E-state index is -0.0417. The molecule has 0 spiro atoms. The molecule has 0 fully saturated rings. The zero-order valence-corrected chi connectivity index (χ0v) is 10.9. The van der Waals surface area contributed by atoms with E-state index < -0.39 is 0 Å². The van der Waals surface area contributed by atoms with Crippen LogP contribution in [-0.2, 0) is 0 Å². The molecule has 1 aromatic carbocycles. The monoisotopic (exact) mass is 234 g/mol. The summed E-state index contributed by atoms with van der Waals surface area (Å²) in [5, 5.41) is 7.34. The first kappa shape index (κ1) is 13.6. The van der Waals surface area contributed by atoms with Crippen LogP contribution >= 0.6 is 0 Å². The molecule has 3 nitrogen and oxygen atoms in total. The van der Waals surface area contributed by atoms with Crippen molar-refractivity contribution in [1.82, 2.24) is 0 Å². The summed E-state index contributed by atoms with van der Waals surface area (Å²) in [5.74, 6) is 1.53. The Balaban J connectivity index is 2.73. The van der Waals surface area contributed by atoms with Crippen molar-refractivity contribution in [2.45, 2.75) is 33.1 Å². The Hall–Kier alpha value is -1.51. The van der Waals surface area contributed by atoms with E-state index in [0.29, 0.717) is 12.5 Å². The SMILES string of the molecule is CCC(C)c1ccccc1OCC(C)C(=N)N. The number of rotatable bonds is 6. The van der Waals surface area contributed by atoms with Crippen LogP contribution in [0, 0.1) is 11.3 Å². The Bertz CT molecular complexity index is 376. The fraction of sp³-hybridized carbons (Fsp3) is 0.500. The van der Waals surface area contributed by atoms with Gasteiger partial charge in [0, 0.05) is 5.92 Å². The van der Waals surface area contributed by atoms with Crippen molar-refractivity contribution in [3.63, 3.8) is 0 Å². The van der Waals surface area contributed by atoms with Gasteiger partial charge in [0.25, 0.3) is 0 Å². The third kappa shape index (κ3) is 3.77. The Labute approximate surface area is 103 Å². The van der Waals surface area contributed by atoms with Crippen molar-refractivity contribution in [2.24, 2.45) is 11.7 Å². The maximum Gasteiger partial charge on any atom is 0.122 e. The lowest BCUT2D eigenvalue weighted by Crippen LogP contribution is -2.25. The van der Waals surface area contributed by atoms with Gasteiger partial charge in [0.05, 0.1) is 12.4 Å². The van der Waals surface area contributed by atoms with Crippen LogP contribution in [0.1, 0.15) is 38.7 Å². The van der Waals surface area contributed by atoms with Gasteiger partial charge in [-0.25, -0.2) is 0 Å². The molecule has 17 heavy (non-hydrogen) atoms. The topological polar surface area (TPSA) is 59.1 Å². The Morgan fingerprint density at radius 2 is 2.00 bits per heavy atom. The van der Waals surface area contributed by atoms with E-state index in [1.54, 1.807) is 0 Å². The molecule has 0 heterocycles. The van der Waals surface area contributed by atoms with Crippen LogP contribution in [-0.4, -0.2) is 12.4 Å². The summed E-state index contributed by atoms with van der Waals surface area (Å²) in [5.41, 5.74) is 6.65. The Kier molecular flexibility index (Phi) is 5.01. The predicted octanol–water partition coefficient (Wildman–Crippen LogP) is 3.15. The van der Waals surface area contributed by atoms with Gasteiger partial charge in [0.2, 0.25) is 0 Å². The first-order valence-corrected chi connectivity index (χ1v) is 6.11. The van der Waals surface area contributed by atoms with Crippen LogP contribution in [0.5, 0.6) is 5.75 Å². The van der Waals surface area contributed by atoms with E-state index in [4.69, 9.17) is 15.9 Å². The zero-order chi connectivity index (χ0) is 12.8. The van der Waals surface area contributed by atoms with E-state index in [-0.39, 0.29) is 11.8 Å². The highest BCUT2D eigenvalue weighted by atomic mass is 16.5. The second kappa shape index (κ2) is 6.28. The van der Waals surface area contributed by atoms with Crippen molar-refractivity contribution >= 4 is 5.84 Å². The molecule has 0 radical (unpaired) electrons. The lowest BCUT2D eigenvalue weighted by molar-refractivity contribution is 0.287. The Morgan fingerprint density at radius 3 is 2.59 bits per heavy atom. The van der Waals surface area contributed by atoms with E-state index in [0.717, 1.165) is 12.2 Å². The molecule has 0 saturated heterocycles. The van der Waals surface area contributed by atoms with Gasteiger partial charge >= 0.3 is 0 Å². The molecule has 0 amide bonds. The normalized spacial score (nSPS) is 14.1. The molecule has 94 valence electrons. The lowest BCUT2D eigenvalue weighted by Gasteiger charge is -2.17. The van der Waals surface area contributed by atoms with Gasteiger partial charge < -0.3 is 10.5 Å². The van der Waals surface area contributed by atoms with Gasteiger partial charge in [-0.05, 0) is 24.0 Å². The number of amidine groups is 1. The van der Waals surface area contributed by atoms with Crippen LogP contribution in [0.4, 0.5) is 0 Å². The van der Waals surface area contributed by atoms with Crippen LogP contribution in [0.2, 0.25) is 0 Å². The summed E-state index contributed by atoms with van der Waals surface area (Å²) in [6.45, 7) is 6.72. The molecule has 1 rings (SSSR count). The average Bonchev–Trinajstić information content (AvgIpc) is 2.35. The van der Waals surface area contributed by atoms with Gasteiger partial charge in [0.15, 0.2) is 0 Å². The van der Waals surface area contributed by atoms with Gasteiger partial charge in [0.1, 0.15) is 5.75 Å². The third-order valence-electron chi connectivity index (χ3n) is 3.08. The maximum absolute atomic E-state index is 7.34. The summed E-state index contributed by atoms with van der Waals surface area (Å²) in [7, 11) is 0. The number of hydrogen-bond donors (Lipinski definition) is 2. The number of benzene rings is 1. The smallest absolute Gasteiger partial charge is 0.122 e. The number of hydrogen-bond acceptors (Lipinski definition) is 2. The second-order valence-electron chi connectivity index (χ2n) is 4.51. The van der Waals surface area contributed by atoms with E-state index in [1.807, 2.05) is 25.1 Å². The van der Waals surface area contributed by atoms with Gasteiger partial charge in [-0.2, -0.15) is 0 Å². The summed E-state index contributed by atoms with van der Waals surface area (Å²) < 4.78 is 5.76. The fourth-order valence-corrected chi connectivity index (χ4v) is 1.54. The van der Waals surface area contributed by atoms with E-state index in [1.165, 1.54) is 5.56 Å². The van der Waals surface area contributed by atoms with Gasteiger partial charge in [-0.1, -0.05) is 39.0 Å². The summed E-state index contributed by atoms with van der Waals surface area (Å²) in [4.78, 5) is 0. The standard InChI is InChI=1S/C14H22N2O/c1-4-10(2)12-7-5-6-8-13(12)17-9-11(3)14(15)16/h5-8,10-11H,4,9H2,1-3H3,(H3,15,16). The van der Waals surface area contributed by atoms with E-state index in [9.17, 15) is 0 Å². The molecule has 0 aromatic heterocycles. The van der Waals surface area contributed by atoms with E-state index >= 15 is 0 Å². The number of nitrogens with one attached hydrogen (secondary N) is 1. The van der Waals surface area contributed by atoms with Crippen molar-refractivity contribution in [1.29, 1.82) is 5.41 Å². The summed E-state index contributed by atoms with van der Waals surface area (Å²) >= 11 is 0. The lowest BCUT2D eigenvalue weighted by atomic mass is 9.98. The molecule has 0 aliphatic heterocycles. The molecule has 3 N–H and O–H groups in total. The van der Waals surface area contributed by atoms with Crippen molar-refractivity contribution in [2.75, 3.05) is 6.61 Å². The average molecular weight is 234 g/mol. The molecule has 1 aromatic rings. The molecular formula is C14H22N2O. The van der Waals surface area contributed by atoms with Crippen LogP contribution in [0.3, 0.4) is 0 Å². The van der Waals surface area contributed by atoms with Crippen LogP contribution in [0.15, 0.2) is 24.3 Å². The highest BCUT2D eigenvalue weighted by Gasteiger charge is 2.11. The highest BCUT2D eigenvalue weighted by molar-refractivity contribution is 5.79. The molecule has 2 unspecified atom stereocenters. The molecule has 0 aliphatic carbocycles. The molecule has 2 atom stereocenters. The zero-order valence-electron chi connectivity index (χ0n) is 10.9. The highest BCUT2D eigenvalue weighted by Crippen LogP contribution is 2.28. The van der Waals surface area contributed by atoms with Crippen molar-refractivity contribution < 1.29 is 4.74 Å². The largest absolute Gasteiger partial charge is 0.493 e. The maximum atomic E-state index is 7.34. The van der Waals surface area contributed by atoms with Crippen molar-refractivity contribution in [3.05, 3.63) is 29.8 Å². The minimum Gasteiger partial charge on any atom is -0.493 e. The molecule has 0 saturated carbocycles. The molecule has 3 heteroatoms. The fourth-order valence-electron chi connectivity index (χ4n) is 1.54. The third-order valence-corrected chi connectivity index (χ3v) is 3.08. The predicted molar refractivity (Wildman–Crippen MR) is 71.7 cm³/mol. The molecule has 0 aliphatic rings. The van der Waals surface area contributed by atoms with Crippen molar-refractivity contribution in [3.8, 4) is 5.75 Å². The summed E-state index contributed by atoms with van der Waals surface area (Å²) in [6, 6.07) is 8.08. The number of para-hydroxylation sites is 1. The van der Waals surface area contributed by atoms with Crippen LogP contribution < -0.4 is 10.5 Å². The minimum absolute atomic E-state index is 0.0417. The Morgan fingerprint density at radius 1 is 1.35 bits per heavy atom. The number of ether oxygens (including phenoxy) is 1. The quantitative estimate of drug-likeness (QED) is 0.586. The van der Waals surface area contributed by atoms with E-state index in [2.05, 4.69) is 19.9 Å². The molecular weight excluding hydrogens is 212 g/mol. The van der Waals surface area contributed by atoms with Gasteiger partial charge in [-0.3, -0.25) is 5.41 Å². The number of nitrogens with two attached hydrogens (primary N) is 1. The van der Waals surface area contributed by atoms with Crippen LogP contribution in [0.25, 0.3) is 0 Å². The second-order valence-corrected chi connectivity index (χ2v) is 4.51. The molecule has 0 bridgehead atoms. The van der Waals surface area contributed by atoms with Gasteiger partial charge in [-0.15, -0.1) is 0 Å². The first-order valence-electron chi connectivity index (χ1n) is 6.11. The first-order chi connectivity index (χ1) is 8.06. The summed E-state index contributed by atoms with van der Waals surface area (Å²) in [6.07, 6.45) is 1.09.